The van der Waals surface area contributed by atoms with E-state index in [4.69, 9.17) is 5.73 Å². The molecule has 0 aliphatic carbocycles. The maximum absolute atomic E-state index is 11.0. The normalized spacial score (nSPS) is 12.3. The SMILES string of the molecule is COC(=O)C(C)=C(C)CCCN. The van der Waals surface area contributed by atoms with E-state index < -0.39 is 0 Å². The Balaban J connectivity index is 4.15. The molecule has 0 amide bonds. The molecule has 0 unspecified atom stereocenters. The Labute approximate surface area is 73.6 Å². The fraction of sp³-hybridized carbons (Fsp3) is 0.667. The number of esters is 1. The maximum atomic E-state index is 11.0. The number of carbonyl (C=O) groups is 1. The number of ether oxygens (including phenoxy) is 1. The lowest BCUT2D eigenvalue weighted by Crippen LogP contribution is -2.05. The standard InChI is InChI=1S/C9H17NO2/c1-7(5-4-6-10)8(2)9(11)12-3/h4-6,10H2,1-3H3. The van der Waals surface area contributed by atoms with Gasteiger partial charge in [-0.1, -0.05) is 5.57 Å². The van der Waals surface area contributed by atoms with Gasteiger partial charge in [-0.3, -0.25) is 0 Å². The third kappa shape index (κ3) is 3.53. The summed E-state index contributed by atoms with van der Waals surface area (Å²) < 4.78 is 4.59. The van der Waals surface area contributed by atoms with Crippen LogP contribution in [-0.2, 0) is 9.53 Å². The van der Waals surface area contributed by atoms with Gasteiger partial charge in [-0.25, -0.2) is 4.79 Å². The van der Waals surface area contributed by atoms with Crippen molar-refractivity contribution >= 4 is 5.97 Å². The summed E-state index contributed by atoms with van der Waals surface area (Å²) in [5.41, 5.74) is 7.11. The van der Waals surface area contributed by atoms with Crippen LogP contribution in [0.25, 0.3) is 0 Å². The molecule has 2 N–H and O–H groups in total. The second-order valence-corrected chi connectivity index (χ2v) is 2.79. The van der Waals surface area contributed by atoms with Crippen LogP contribution in [-0.4, -0.2) is 19.6 Å². The molecule has 0 heterocycles. The van der Waals surface area contributed by atoms with E-state index in [0.717, 1.165) is 18.4 Å². The van der Waals surface area contributed by atoms with E-state index in [0.29, 0.717) is 12.1 Å². The molecule has 0 saturated carbocycles. The van der Waals surface area contributed by atoms with E-state index >= 15 is 0 Å². The summed E-state index contributed by atoms with van der Waals surface area (Å²) in [7, 11) is 1.39. The molecule has 0 aliphatic heterocycles. The molecule has 70 valence electrons. The summed E-state index contributed by atoms with van der Waals surface area (Å²) in [6, 6.07) is 0. The molecule has 0 bridgehead atoms. The topological polar surface area (TPSA) is 52.3 Å². The summed E-state index contributed by atoms with van der Waals surface area (Å²) in [6.45, 7) is 4.37. The van der Waals surface area contributed by atoms with Crippen molar-refractivity contribution in [1.82, 2.24) is 0 Å². The predicted molar refractivity (Wildman–Crippen MR) is 48.7 cm³/mol. The Morgan fingerprint density at radius 2 is 2.00 bits per heavy atom. The fourth-order valence-corrected chi connectivity index (χ4v) is 0.882. The molecular formula is C9H17NO2. The zero-order chi connectivity index (χ0) is 9.56. The van der Waals surface area contributed by atoms with Gasteiger partial charge in [0.15, 0.2) is 0 Å². The molecule has 3 heteroatoms. The number of allylic oxidation sites excluding steroid dienone is 1. The highest BCUT2D eigenvalue weighted by Crippen LogP contribution is 2.10. The van der Waals surface area contributed by atoms with Gasteiger partial charge < -0.3 is 10.5 Å². The van der Waals surface area contributed by atoms with Gasteiger partial charge in [0.25, 0.3) is 0 Å². The van der Waals surface area contributed by atoms with E-state index in [1.54, 1.807) is 6.92 Å². The molecule has 0 aromatic carbocycles. The maximum Gasteiger partial charge on any atom is 0.333 e. The second kappa shape index (κ2) is 5.77. The monoisotopic (exact) mass is 171 g/mol. The molecule has 0 atom stereocenters. The number of nitrogens with two attached hydrogens (primary N) is 1. The lowest BCUT2D eigenvalue weighted by atomic mass is 10.1. The Morgan fingerprint density at radius 3 is 2.42 bits per heavy atom. The minimum absolute atomic E-state index is 0.246. The first-order valence-electron chi connectivity index (χ1n) is 4.08. The van der Waals surface area contributed by atoms with Crippen LogP contribution in [0, 0.1) is 0 Å². The molecule has 3 nitrogen and oxygen atoms in total. The zero-order valence-electron chi connectivity index (χ0n) is 8.02. The highest BCUT2D eigenvalue weighted by Gasteiger charge is 2.06. The lowest BCUT2D eigenvalue weighted by Gasteiger charge is -2.04. The van der Waals surface area contributed by atoms with Crippen LogP contribution in [0.3, 0.4) is 0 Å². The number of hydrogen-bond donors (Lipinski definition) is 1. The van der Waals surface area contributed by atoms with Crippen molar-refractivity contribution in [1.29, 1.82) is 0 Å². The Bertz CT molecular complexity index is 185. The lowest BCUT2D eigenvalue weighted by molar-refractivity contribution is -0.136. The minimum Gasteiger partial charge on any atom is -0.466 e. The van der Waals surface area contributed by atoms with Gasteiger partial charge in [0.1, 0.15) is 0 Å². The van der Waals surface area contributed by atoms with Crippen molar-refractivity contribution in [2.45, 2.75) is 26.7 Å². The van der Waals surface area contributed by atoms with E-state index in [9.17, 15) is 4.79 Å². The highest BCUT2D eigenvalue weighted by atomic mass is 16.5. The van der Waals surface area contributed by atoms with Gasteiger partial charge in [0.2, 0.25) is 0 Å². The molecule has 0 aliphatic rings. The van der Waals surface area contributed by atoms with Gasteiger partial charge in [-0.2, -0.15) is 0 Å². The first kappa shape index (κ1) is 11.2. The number of methoxy groups -OCH3 is 1. The smallest absolute Gasteiger partial charge is 0.333 e. The van der Waals surface area contributed by atoms with Crippen LogP contribution in [0.5, 0.6) is 0 Å². The molecule has 0 radical (unpaired) electrons. The van der Waals surface area contributed by atoms with E-state index in [1.165, 1.54) is 7.11 Å². The third-order valence-electron chi connectivity index (χ3n) is 1.89. The van der Waals surface area contributed by atoms with Crippen LogP contribution in [0.4, 0.5) is 0 Å². The molecule has 0 spiro atoms. The zero-order valence-corrected chi connectivity index (χ0v) is 8.02. The number of hydrogen-bond acceptors (Lipinski definition) is 3. The van der Waals surface area contributed by atoms with Crippen LogP contribution < -0.4 is 5.73 Å². The van der Waals surface area contributed by atoms with Crippen molar-refractivity contribution in [3.63, 3.8) is 0 Å². The third-order valence-corrected chi connectivity index (χ3v) is 1.89. The van der Waals surface area contributed by atoms with Crippen molar-refractivity contribution in [2.75, 3.05) is 13.7 Å². The summed E-state index contributed by atoms with van der Waals surface area (Å²) in [4.78, 5) is 11.0. The van der Waals surface area contributed by atoms with Gasteiger partial charge in [-0.15, -0.1) is 0 Å². The minimum atomic E-state index is -0.246. The van der Waals surface area contributed by atoms with Gasteiger partial charge in [0.05, 0.1) is 7.11 Å². The molecule has 0 rings (SSSR count). The van der Waals surface area contributed by atoms with Gasteiger partial charge >= 0.3 is 5.97 Å². The summed E-state index contributed by atoms with van der Waals surface area (Å²) in [5, 5.41) is 0. The second-order valence-electron chi connectivity index (χ2n) is 2.79. The number of carbonyl (C=O) groups excluding carboxylic acids is 1. The molecular weight excluding hydrogens is 154 g/mol. The van der Waals surface area contributed by atoms with Crippen molar-refractivity contribution in [3.05, 3.63) is 11.1 Å². The summed E-state index contributed by atoms with van der Waals surface area (Å²) in [6.07, 6.45) is 1.79. The molecule has 0 aromatic heterocycles. The van der Waals surface area contributed by atoms with Crippen molar-refractivity contribution in [2.24, 2.45) is 5.73 Å². The largest absolute Gasteiger partial charge is 0.466 e. The summed E-state index contributed by atoms with van der Waals surface area (Å²) >= 11 is 0. The van der Waals surface area contributed by atoms with E-state index in [2.05, 4.69) is 4.74 Å². The van der Waals surface area contributed by atoms with Gasteiger partial charge in [0, 0.05) is 5.57 Å². The quantitative estimate of drug-likeness (QED) is 0.511. The Hall–Kier alpha value is -0.830. The number of rotatable bonds is 4. The molecule has 0 aromatic rings. The average Bonchev–Trinajstić information content (AvgIpc) is 2.11. The van der Waals surface area contributed by atoms with E-state index in [-0.39, 0.29) is 5.97 Å². The summed E-state index contributed by atoms with van der Waals surface area (Å²) in [5.74, 6) is -0.246. The van der Waals surface area contributed by atoms with E-state index in [1.807, 2.05) is 6.92 Å². The fourth-order valence-electron chi connectivity index (χ4n) is 0.882. The highest BCUT2D eigenvalue weighted by molar-refractivity contribution is 5.88. The van der Waals surface area contributed by atoms with Crippen LogP contribution in [0.2, 0.25) is 0 Å². The first-order valence-corrected chi connectivity index (χ1v) is 4.08. The Kier molecular flexibility index (Phi) is 5.37. The van der Waals surface area contributed by atoms with Crippen molar-refractivity contribution in [3.8, 4) is 0 Å². The van der Waals surface area contributed by atoms with Crippen molar-refractivity contribution < 1.29 is 9.53 Å². The average molecular weight is 171 g/mol. The van der Waals surface area contributed by atoms with Crippen LogP contribution >= 0.6 is 0 Å². The van der Waals surface area contributed by atoms with Crippen LogP contribution in [0.15, 0.2) is 11.1 Å². The molecule has 12 heavy (non-hydrogen) atoms. The van der Waals surface area contributed by atoms with Crippen LogP contribution in [0.1, 0.15) is 26.7 Å². The van der Waals surface area contributed by atoms with Gasteiger partial charge in [-0.05, 0) is 33.2 Å². The predicted octanol–water partition coefficient (Wildman–Crippen LogP) is 1.23. The molecule has 0 fully saturated rings. The first-order chi connectivity index (χ1) is 5.63. The Morgan fingerprint density at radius 1 is 1.42 bits per heavy atom. The molecule has 0 saturated heterocycles.